The number of benzene rings is 1. The van der Waals surface area contributed by atoms with E-state index in [1.54, 1.807) is 6.20 Å². The lowest BCUT2D eigenvalue weighted by Gasteiger charge is -2.12. The molecule has 1 unspecified atom stereocenters. The summed E-state index contributed by atoms with van der Waals surface area (Å²) in [5, 5.41) is 7.20. The number of fused-ring (bicyclic) bond motifs is 1. The molecule has 1 aromatic heterocycles. The molecular weight excluding hydrogens is 250 g/mol. The first-order valence-corrected chi connectivity index (χ1v) is 7.03. The van der Waals surface area contributed by atoms with Crippen molar-refractivity contribution >= 4 is 16.8 Å². The molecule has 106 valence electrons. The van der Waals surface area contributed by atoms with Gasteiger partial charge in [0.25, 0.3) is 0 Å². The van der Waals surface area contributed by atoms with E-state index in [0.29, 0.717) is 19.1 Å². The molecule has 0 bridgehead atoms. The Labute approximate surface area is 119 Å². The van der Waals surface area contributed by atoms with Gasteiger partial charge in [0.15, 0.2) is 0 Å². The van der Waals surface area contributed by atoms with Crippen molar-refractivity contribution in [1.29, 1.82) is 0 Å². The van der Waals surface area contributed by atoms with Crippen LogP contribution < -0.4 is 10.6 Å². The van der Waals surface area contributed by atoms with Crippen molar-refractivity contribution in [2.24, 2.45) is 0 Å². The van der Waals surface area contributed by atoms with Crippen LogP contribution in [0, 0.1) is 0 Å². The molecule has 2 N–H and O–H groups in total. The fourth-order valence-corrected chi connectivity index (χ4v) is 1.98. The van der Waals surface area contributed by atoms with Crippen LogP contribution in [0.3, 0.4) is 0 Å². The third-order valence-electron chi connectivity index (χ3n) is 3.42. The van der Waals surface area contributed by atoms with Crippen molar-refractivity contribution in [1.82, 2.24) is 15.6 Å². The highest BCUT2D eigenvalue weighted by molar-refractivity contribution is 5.82. The van der Waals surface area contributed by atoms with Crippen LogP contribution in [0.15, 0.2) is 36.5 Å². The molecule has 0 saturated heterocycles. The molecule has 2 rings (SSSR count). The average molecular weight is 271 g/mol. The largest absolute Gasteiger partial charge is 0.351 e. The van der Waals surface area contributed by atoms with Crippen molar-refractivity contribution in [3.63, 3.8) is 0 Å². The van der Waals surface area contributed by atoms with E-state index in [4.69, 9.17) is 0 Å². The second kappa shape index (κ2) is 7.01. The smallest absolute Gasteiger partial charge is 0.234 e. The second-order valence-electron chi connectivity index (χ2n) is 4.96. The third-order valence-corrected chi connectivity index (χ3v) is 3.42. The fourth-order valence-electron chi connectivity index (χ4n) is 1.98. The van der Waals surface area contributed by atoms with Gasteiger partial charge in [0.2, 0.25) is 5.91 Å². The molecule has 2 aromatic rings. The van der Waals surface area contributed by atoms with Crippen LogP contribution in [0.25, 0.3) is 10.9 Å². The number of para-hydroxylation sites is 1. The predicted molar refractivity (Wildman–Crippen MR) is 81.3 cm³/mol. The topological polar surface area (TPSA) is 54.0 Å². The first-order chi connectivity index (χ1) is 9.70. The van der Waals surface area contributed by atoms with Gasteiger partial charge >= 0.3 is 0 Å². The minimum atomic E-state index is 0.0123. The molecule has 4 nitrogen and oxygen atoms in total. The number of carbonyl (C=O) groups is 1. The summed E-state index contributed by atoms with van der Waals surface area (Å²) in [6.45, 7) is 5.03. The van der Waals surface area contributed by atoms with Crippen molar-refractivity contribution in [3.8, 4) is 0 Å². The highest BCUT2D eigenvalue weighted by Gasteiger charge is 2.06. The van der Waals surface area contributed by atoms with Gasteiger partial charge in [0.1, 0.15) is 0 Å². The van der Waals surface area contributed by atoms with Crippen LogP contribution in [-0.2, 0) is 11.3 Å². The molecular formula is C16H21N3O. The first-order valence-electron chi connectivity index (χ1n) is 7.03. The van der Waals surface area contributed by atoms with E-state index in [1.165, 1.54) is 0 Å². The zero-order chi connectivity index (χ0) is 14.4. The summed E-state index contributed by atoms with van der Waals surface area (Å²) in [5.74, 6) is 0.0123. The van der Waals surface area contributed by atoms with Crippen molar-refractivity contribution in [3.05, 3.63) is 42.1 Å². The third kappa shape index (κ3) is 3.78. The van der Waals surface area contributed by atoms with Crippen LogP contribution in [0.1, 0.15) is 25.8 Å². The zero-order valence-electron chi connectivity index (χ0n) is 12.0. The highest BCUT2D eigenvalue weighted by Crippen LogP contribution is 2.15. The summed E-state index contributed by atoms with van der Waals surface area (Å²) in [4.78, 5) is 16.2. The molecule has 0 saturated carbocycles. The number of hydrogen-bond acceptors (Lipinski definition) is 3. The van der Waals surface area contributed by atoms with Gasteiger partial charge in [-0.05, 0) is 25.0 Å². The van der Waals surface area contributed by atoms with Gasteiger partial charge in [0, 0.05) is 24.2 Å². The molecule has 1 heterocycles. The number of nitrogens with zero attached hydrogens (tertiary/aromatic N) is 1. The maximum atomic E-state index is 11.8. The summed E-state index contributed by atoms with van der Waals surface area (Å²) in [7, 11) is 0. The normalized spacial score (nSPS) is 12.3. The minimum absolute atomic E-state index is 0.0123. The predicted octanol–water partition coefficient (Wildman–Crippen LogP) is 2.24. The van der Waals surface area contributed by atoms with Crippen molar-refractivity contribution < 1.29 is 4.79 Å². The molecule has 0 aliphatic carbocycles. The van der Waals surface area contributed by atoms with Crippen LogP contribution in [0.5, 0.6) is 0 Å². The maximum absolute atomic E-state index is 11.8. The van der Waals surface area contributed by atoms with E-state index >= 15 is 0 Å². The Kier molecular flexibility index (Phi) is 5.07. The van der Waals surface area contributed by atoms with E-state index in [1.807, 2.05) is 30.3 Å². The molecule has 0 aliphatic heterocycles. The molecule has 0 radical (unpaired) electrons. The minimum Gasteiger partial charge on any atom is -0.351 e. The van der Waals surface area contributed by atoms with E-state index in [0.717, 1.165) is 22.9 Å². The van der Waals surface area contributed by atoms with Crippen molar-refractivity contribution in [2.75, 3.05) is 6.54 Å². The van der Waals surface area contributed by atoms with Crippen LogP contribution >= 0.6 is 0 Å². The van der Waals surface area contributed by atoms with Gasteiger partial charge in [0.05, 0.1) is 12.1 Å². The molecule has 20 heavy (non-hydrogen) atoms. The van der Waals surface area contributed by atoms with E-state index in [9.17, 15) is 4.79 Å². The number of hydrogen-bond donors (Lipinski definition) is 2. The Morgan fingerprint density at radius 1 is 1.30 bits per heavy atom. The van der Waals surface area contributed by atoms with Gasteiger partial charge in [-0.3, -0.25) is 9.78 Å². The molecule has 1 atom stereocenters. The van der Waals surface area contributed by atoms with E-state index in [-0.39, 0.29) is 5.91 Å². The number of aromatic nitrogens is 1. The average Bonchev–Trinajstić information content (AvgIpc) is 2.50. The molecule has 4 heteroatoms. The zero-order valence-corrected chi connectivity index (χ0v) is 12.0. The highest BCUT2D eigenvalue weighted by atomic mass is 16.1. The molecule has 0 aliphatic rings. The standard InChI is InChI=1S/C16H21N3O/c1-3-12(2)18-11-15(20)19-10-14-7-4-6-13-8-5-9-17-16(13)14/h4-9,12,18H,3,10-11H2,1-2H3,(H,19,20). The number of pyridine rings is 1. The lowest BCUT2D eigenvalue weighted by Crippen LogP contribution is -2.37. The molecule has 0 spiro atoms. The number of amides is 1. The van der Waals surface area contributed by atoms with Crippen LogP contribution in [0.4, 0.5) is 0 Å². The van der Waals surface area contributed by atoms with Gasteiger partial charge in [-0.15, -0.1) is 0 Å². The lowest BCUT2D eigenvalue weighted by atomic mass is 10.1. The van der Waals surface area contributed by atoms with Gasteiger partial charge < -0.3 is 10.6 Å². The number of rotatable bonds is 6. The lowest BCUT2D eigenvalue weighted by molar-refractivity contribution is -0.120. The fraction of sp³-hybridized carbons (Fsp3) is 0.375. The Hall–Kier alpha value is -1.94. The monoisotopic (exact) mass is 271 g/mol. The second-order valence-corrected chi connectivity index (χ2v) is 4.96. The van der Waals surface area contributed by atoms with E-state index in [2.05, 4.69) is 29.5 Å². The van der Waals surface area contributed by atoms with Crippen LogP contribution in [-0.4, -0.2) is 23.5 Å². The van der Waals surface area contributed by atoms with Crippen molar-refractivity contribution in [2.45, 2.75) is 32.9 Å². The van der Waals surface area contributed by atoms with Gasteiger partial charge in [-0.1, -0.05) is 31.2 Å². The molecule has 1 aromatic carbocycles. The Morgan fingerprint density at radius 2 is 2.10 bits per heavy atom. The Morgan fingerprint density at radius 3 is 2.90 bits per heavy atom. The summed E-state index contributed by atoms with van der Waals surface area (Å²) in [6.07, 6.45) is 2.79. The first kappa shape index (κ1) is 14.5. The summed E-state index contributed by atoms with van der Waals surface area (Å²) >= 11 is 0. The molecule has 0 fully saturated rings. The summed E-state index contributed by atoms with van der Waals surface area (Å²) in [5.41, 5.74) is 1.99. The van der Waals surface area contributed by atoms with Gasteiger partial charge in [-0.2, -0.15) is 0 Å². The SMILES string of the molecule is CCC(C)NCC(=O)NCc1cccc2cccnc12. The number of carbonyl (C=O) groups excluding carboxylic acids is 1. The molecule has 1 amide bonds. The van der Waals surface area contributed by atoms with Gasteiger partial charge in [-0.25, -0.2) is 0 Å². The van der Waals surface area contributed by atoms with E-state index < -0.39 is 0 Å². The number of nitrogens with one attached hydrogen (secondary N) is 2. The summed E-state index contributed by atoms with van der Waals surface area (Å²) < 4.78 is 0. The summed E-state index contributed by atoms with van der Waals surface area (Å²) in [6, 6.07) is 10.3. The maximum Gasteiger partial charge on any atom is 0.234 e. The Bertz CT molecular complexity index is 577. The quantitative estimate of drug-likeness (QED) is 0.847. The van der Waals surface area contributed by atoms with Crippen LogP contribution in [0.2, 0.25) is 0 Å². The Balaban J connectivity index is 1.94.